The molecule has 4 rings (SSSR count). The van der Waals surface area contributed by atoms with Gasteiger partial charge < -0.3 is 5.32 Å². The lowest BCUT2D eigenvalue weighted by molar-refractivity contribution is 1.06. The van der Waals surface area contributed by atoms with E-state index in [1.165, 1.54) is 17.4 Å². The number of nitrogens with one attached hydrogen (secondary N) is 1. The summed E-state index contributed by atoms with van der Waals surface area (Å²) < 4.78 is 1.55. The number of fused-ring (bicyclic) bond motifs is 1. The molecule has 4 nitrogen and oxygen atoms in total. The van der Waals surface area contributed by atoms with Crippen molar-refractivity contribution in [2.45, 2.75) is 0 Å². The molecule has 2 aromatic heterocycles. The molecule has 0 atom stereocenters. The van der Waals surface area contributed by atoms with Crippen LogP contribution < -0.4 is 10.9 Å². The number of benzene rings is 2. The van der Waals surface area contributed by atoms with Gasteiger partial charge in [0.1, 0.15) is 15.8 Å². The smallest absolute Gasteiger partial charge is 0.256 e. The van der Waals surface area contributed by atoms with Crippen molar-refractivity contribution in [3.05, 3.63) is 87.0 Å². The number of nitriles is 1. The summed E-state index contributed by atoms with van der Waals surface area (Å²) in [5, 5.41) is 14.2. The maximum Gasteiger partial charge on any atom is 0.256 e. The molecule has 26 heavy (non-hydrogen) atoms. The molecule has 0 spiro atoms. The van der Waals surface area contributed by atoms with Crippen LogP contribution in [-0.2, 0) is 0 Å². The highest BCUT2D eigenvalue weighted by atomic mass is 35.5. The molecule has 0 bridgehead atoms. The average Bonchev–Trinajstić information content (AvgIpc) is 3.01. The summed E-state index contributed by atoms with van der Waals surface area (Å²) in [6.07, 6.45) is 0. The Balaban J connectivity index is 1.99. The topological polar surface area (TPSA) is 57.8 Å². The van der Waals surface area contributed by atoms with E-state index < -0.39 is 0 Å². The van der Waals surface area contributed by atoms with Crippen LogP contribution in [0.1, 0.15) is 4.88 Å². The van der Waals surface area contributed by atoms with E-state index in [0.29, 0.717) is 26.1 Å². The number of anilines is 2. The summed E-state index contributed by atoms with van der Waals surface area (Å²) in [7, 11) is 0. The normalized spacial score (nSPS) is 10.6. The third-order valence-corrected chi connectivity index (χ3v) is 5.39. The van der Waals surface area contributed by atoms with Crippen LogP contribution in [0.15, 0.2) is 71.5 Å². The molecule has 0 saturated heterocycles. The van der Waals surface area contributed by atoms with Crippen molar-refractivity contribution in [1.29, 1.82) is 5.26 Å². The first-order valence-corrected chi connectivity index (χ1v) is 9.04. The third kappa shape index (κ3) is 2.76. The monoisotopic (exact) mass is 377 g/mol. The Bertz CT molecular complexity index is 1210. The fraction of sp³-hybridized carbons (Fsp3) is 0. The van der Waals surface area contributed by atoms with Crippen molar-refractivity contribution < 1.29 is 0 Å². The molecule has 6 heteroatoms. The first-order valence-electron chi connectivity index (χ1n) is 7.84. The van der Waals surface area contributed by atoms with Crippen molar-refractivity contribution in [2.75, 3.05) is 5.32 Å². The Hall–Kier alpha value is -3.07. The van der Waals surface area contributed by atoms with Gasteiger partial charge in [0, 0.05) is 17.1 Å². The highest BCUT2D eigenvalue weighted by Crippen LogP contribution is 2.37. The zero-order valence-electron chi connectivity index (χ0n) is 13.4. The maximum absolute atomic E-state index is 12.6. The number of para-hydroxylation sites is 2. The summed E-state index contributed by atoms with van der Waals surface area (Å²) in [5.74, 6) is 0. The Kier molecular flexibility index (Phi) is 4.21. The lowest BCUT2D eigenvalue weighted by Crippen LogP contribution is -2.16. The molecule has 4 aromatic rings. The molecule has 0 unspecified atom stereocenters. The number of hydrogen-bond donors (Lipinski definition) is 1. The number of halogens is 1. The predicted octanol–water partition coefficient (Wildman–Crippen LogP) is 5.32. The van der Waals surface area contributed by atoms with Crippen molar-refractivity contribution >= 4 is 44.5 Å². The van der Waals surface area contributed by atoms with Crippen LogP contribution in [0.25, 0.3) is 15.9 Å². The van der Waals surface area contributed by atoms with Gasteiger partial charge in [0.15, 0.2) is 0 Å². The summed E-state index contributed by atoms with van der Waals surface area (Å²) in [6.45, 7) is 0. The van der Waals surface area contributed by atoms with Crippen molar-refractivity contribution in [3.8, 4) is 11.8 Å². The zero-order chi connectivity index (χ0) is 18.1. The molecule has 0 aliphatic heterocycles. The number of nitrogens with zero attached hydrogens (tertiary/aromatic N) is 2. The zero-order valence-corrected chi connectivity index (χ0v) is 15.0. The van der Waals surface area contributed by atoms with Gasteiger partial charge in [-0.25, -0.2) is 0 Å². The highest BCUT2D eigenvalue weighted by Gasteiger charge is 2.17. The SMILES string of the molecule is N#Cc1sc2c(ccc(=O)n2-c2ccccc2Cl)c1Nc1ccccc1. The minimum absolute atomic E-state index is 0.192. The predicted molar refractivity (Wildman–Crippen MR) is 107 cm³/mol. The molecule has 0 radical (unpaired) electrons. The van der Waals surface area contributed by atoms with Crippen LogP contribution in [0.4, 0.5) is 11.4 Å². The second kappa shape index (κ2) is 6.68. The molecule has 2 aromatic carbocycles. The van der Waals surface area contributed by atoms with Gasteiger partial charge in [0.25, 0.3) is 5.56 Å². The molecule has 0 saturated carbocycles. The van der Waals surface area contributed by atoms with Gasteiger partial charge in [0.2, 0.25) is 0 Å². The molecule has 0 aliphatic carbocycles. The second-order valence-corrected chi connectivity index (χ2v) is 6.99. The Morgan fingerprint density at radius 1 is 1.00 bits per heavy atom. The number of pyridine rings is 1. The van der Waals surface area contributed by atoms with Crippen LogP contribution in [0.2, 0.25) is 5.02 Å². The lowest BCUT2D eigenvalue weighted by atomic mass is 10.2. The number of rotatable bonds is 3. The molecule has 0 fully saturated rings. The average molecular weight is 378 g/mol. The number of hydrogen-bond acceptors (Lipinski definition) is 4. The summed E-state index contributed by atoms with van der Waals surface area (Å²) in [4.78, 5) is 13.8. The summed E-state index contributed by atoms with van der Waals surface area (Å²) >= 11 is 7.57. The van der Waals surface area contributed by atoms with E-state index in [-0.39, 0.29) is 5.56 Å². The number of aromatic nitrogens is 1. The fourth-order valence-electron chi connectivity index (χ4n) is 2.81. The fourth-order valence-corrected chi connectivity index (χ4v) is 4.09. The molecular weight excluding hydrogens is 366 g/mol. The van der Waals surface area contributed by atoms with E-state index in [4.69, 9.17) is 11.6 Å². The maximum atomic E-state index is 12.6. The first kappa shape index (κ1) is 16.4. The molecular formula is C20H12ClN3OS. The van der Waals surface area contributed by atoms with Gasteiger partial charge in [-0.15, -0.1) is 11.3 Å². The minimum atomic E-state index is -0.192. The van der Waals surface area contributed by atoms with Crippen LogP contribution in [-0.4, -0.2) is 4.57 Å². The Morgan fingerprint density at radius 2 is 1.73 bits per heavy atom. The van der Waals surface area contributed by atoms with E-state index >= 15 is 0 Å². The lowest BCUT2D eigenvalue weighted by Gasteiger charge is -2.10. The van der Waals surface area contributed by atoms with Gasteiger partial charge >= 0.3 is 0 Å². The quantitative estimate of drug-likeness (QED) is 0.525. The van der Waals surface area contributed by atoms with E-state index in [0.717, 1.165) is 11.1 Å². The largest absolute Gasteiger partial charge is 0.353 e. The van der Waals surface area contributed by atoms with Gasteiger partial charge in [0.05, 0.1) is 16.4 Å². The number of thiophene rings is 1. The van der Waals surface area contributed by atoms with Crippen molar-refractivity contribution in [2.24, 2.45) is 0 Å². The second-order valence-electron chi connectivity index (χ2n) is 5.59. The van der Waals surface area contributed by atoms with Crippen LogP contribution in [0.5, 0.6) is 0 Å². The van der Waals surface area contributed by atoms with Crippen molar-refractivity contribution in [3.63, 3.8) is 0 Å². The van der Waals surface area contributed by atoms with Gasteiger partial charge in [-0.05, 0) is 30.3 Å². The summed E-state index contributed by atoms with van der Waals surface area (Å²) in [6, 6.07) is 22.3. The van der Waals surface area contributed by atoms with E-state index in [1.54, 1.807) is 22.8 Å². The van der Waals surface area contributed by atoms with Gasteiger partial charge in [-0.3, -0.25) is 9.36 Å². The standard InChI is InChI=1S/C20H12ClN3OS/c21-15-8-4-5-9-16(15)24-18(25)11-10-14-19(17(12-22)26-20(14)24)23-13-6-2-1-3-7-13/h1-11,23H. The molecule has 0 amide bonds. The third-order valence-electron chi connectivity index (χ3n) is 3.98. The summed E-state index contributed by atoms with van der Waals surface area (Å²) in [5.41, 5.74) is 1.98. The Labute approximate surface area is 158 Å². The van der Waals surface area contributed by atoms with Crippen LogP contribution in [0.3, 0.4) is 0 Å². The molecule has 0 aliphatic rings. The minimum Gasteiger partial charge on any atom is -0.353 e. The Morgan fingerprint density at radius 3 is 2.46 bits per heavy atom. The van der Waals surface area contributed by atoms with Crippen LogP contribution >= 0.6 is 22.9 Å². The van der Waals surface area contributed by atoms with E-state index in [9.17, 15) is 10.1 Å². The van der Waals surface area contributed by atoms with Gasteiger partial charge in [-0.2, -0.15) is 5.26 Å². The van der Waals surface area contributed by atoms with E-state index in [1.807, 2.05) is 42.5 Å². The van der Waals surface area contributed by atoms with E-state index in [2.05, 4.69) is 11.4 Å². The molecule has 2 heterocycles. The van der Waals surface area contributed by atoms with Crippen molar-refractivity contribution in [1.82, 2.24) is 4.57 Å². The first-order chi connectivity index (χ1) is 12.7. The van der Waals surface area contributed by atoms with Crippen LogP contribution in [0, 0.1) is 11.3 Å². The van der Waals surface area contributed by atoms with Gasteiger partial charge in [-0.1, -0.05) is 41.9 Å². The molecule has 126 valence electrons. The molecule has 1 N–H and O–H groups in total. The highest BCUT2D eigenvalue weighted by molar-refractivity contribution is 7.20.